The van der Waals surface area contributed by atoms with Crippen molar-refractivity contribution in [3.05, 3.63) is 209 Å². The van der Waals surface area contributed by atoms with Crippen LogP contribution in [0.3, 0.4) is 0 Å². The quantitative estimate of drug-likeness (QED) is 0.108. The minimum Gasteiger partial charge on any atom is -0.501 e. The second-order valence-corrected chi connectivity index (χ2v) is 15.1. The summed E-state index contributed by atoms with van der Waals surface area (Å²) in [6, 6.07) is 44.8. The van der Waals surface area contributed by atoms with Gasteiger partial charge >= 0.3 is 20.1 Å². The van der Waals surface area contributed by atoms with E-state index in [1.807, 2.05) is 6.07 Å². The van der Waals surface area contributed by atoms with Gasteiger partial charge in [0.1, 0.15) is 5.58 Å². The van der Waals surface area contributed by atoms with Crippen LogP contribution in [0.15, 0.2) is 150 Å². The third-order valence-corrected chi connectivity index (χ3v) is 11.0. The van der Waals surface area contributed by atoms with Crippen LogP contribution in [0, 0.1) is 29.5 Å². The van der Waals surface area contributed by atoms with Crippen molar-refractivity contribution in [1.29, 1.82) is 5.26 Å². The zero-order chi connectivity index (χ0) is 52.4. The zero-order valence-electron chi connectivity index (χ0n) is 45.8. The summed E-state index contributed by atoms with van der Waals surface area (Å²) in [4.78, 5) is 13.5. The summed E-state index contributed by atoms with van der Waals surface area (Å²) in [6.45, 7) is 0. The van der Waals surface area contributed by atoms with Gasteiger partial charge in [-0.2, -0.15) is 5.26 Å². The van der Waals surface area contributed by atoms with E-state index in [2.05, 4.69) is 34.2 Å². The van der Waals surface area contributed by atoms with Gasteiger partial charge < -0.3 is 19.4 Å². The Balaban J connectivity index is 0.00000689. The van der Waals surface area contributed by atoms with Gasteiger partial charge in [-0.15, -0.1) is 90.0 Å². The number of aromatic nitrogens is 3. The predicted octanol–water partition coefficient (Wildman–Crippen LogP) is 13.1. The van der Waals surface area contributed by atoms with Gasteiger partial charge in [-0.25, -0.2) is 0 Å². The molecule has 0 unspecified atom stereocenters. The molecule has 1 saturated carbocycles. The molecule has 1 fully saturated rings. The molecule has 6 heteroatoms. The van der Waals surface area contributed by atoms with Crippen LogP contribution in [-0.2, 0) is 58.3 Å². The van der Waals surface area contributed by atoms with Gasteiger partial charge in [0.15, 0.2) is 0 Å². The molecule has 0 bridgehead atoms. The Bertz CT molecular complexity index is 3470. The summed E-state index contributed by atoms with van der Waals surface area (Å²) < 4.78 is 121. The largest absolute Gasteiger partial charge is 3.00 e. The maximum absolute atomic E-state index is 9.82. The van der Waals surface area contributed by atoms with Crippen LogP contribution in [0.4, 0.5) is 0 Å². The number of furan rings is 1. The average molecular weight is 1010 g/mol. The molecule has 9 aromatic rings. The zero-order valence-corrected chi connectivity index (χ0v) is 36.2. The number of hydrogen-bond donors (Lipinski definition) is 0. The average Bonchev–Trinajstić information content (AvgIpc) is 4.10. The van der Waals surface area contributed by atoms with E-state index in [1.54, 1.807) is 78.9 Å². The first-order valence-corrected chi connectivity index (χ1v) is 20.5. The number of benzene rings is 5. The Labute approximate surface area is 400 Å². The fourth-order valence-corrected chi connectivity index (χ4v) is 7.92. The Morgan fingerprint density at radius 2 is 1.19 bits per heavy atom. The molecule has 0 radical (unpaired) electrons. The van der Waals surface area contributed by atoms with E-state index in [1.165, 1.54) is 42.9 Å². The first kappa shape index (κ1) is 29.7. The van der Waals surface area contributed by atoms with Gasteiger partial charge in [-0.1, -0.05) is 78.4 Å². The Kier molecular flexibility index (Phi) is 9.09. The molecule has 10 rings (SSSR count). The van der Waals surface area contributed by atoms with Crippen molar-refractivity contribution in [1.82, 2.24) is 15.0 Å². The number of pyridine rings is 3. The number of rotatable bonds is 13. The molecule has 1 aliphatic carbocycles. The van der Waals surface area contributed by atoms with E-state index < -0.39 is 54.9 Å². The maximum Gasteiger partial charge on any atom is 3.00 e. The second-order valence-electron chi connectivity index (χ2n) is 15.1. The van der Waals surface area contributed by atoms with E-state index in [0.717, 1.165) is 41.8 Å². The molecule has 0 atom stereocenters. The SMILES string of the molecule is [2H]C([2H])(c1ccc(-c2[c-]cccc2)nc1)C([2H])([2H])c1cc(C([2H])([2H])C([2H])([2H])c2ccc(-c3[c-]cccc3)nc2)cc(C([2H])([2H])C([2H])([2H])c2cnc(-c3[c-]ccc4c3oc3cc(C#N)ccc34)cc2C2CCCC2)c1.[Ir+3]. The van der Waals surface area contributed by atoms with E-state index in [0.29, 0.717) is 68.9 Å². The fourth-order valence-electron chi connectivity index (χ4n) is 7.92. The minimum atomic E-state index is -3.13. The van der Waals surface area contributed by atoms with Gasteiger partial charge in [0.2, 0.25) is 0 Å². The molecule has 5 nitrogen and oxygen atoms in total. The molecule has 0 N–H and O–H groups in total. The number of hydrogen-bond acceptors (Lipinski definition) is 5. The standard InChI is InChI=1S/C57H45N4O.Ir/c58-35-44-23-27-49-50-16-9-17-51(57(50)62-56(49)33-44)55-34-52(45-10-7-8-11-45)48(38-61-55)26-22-43-31-41(20-18-39-24-28-53(59-36-39)46-12-3-1-4-13-46)30-42(32-43)21-19-40-25-29-54(60-37-40)47-14-5-2-6-15-47;/h1-6,9,12,14,16,23-25,27-34,36-38,45H,7-8,10-11,18-22,26H2;/q-3;+3/i18D2,19D2,20D2,21D2,22D2,26D2;. The molecule has 308 valence electrons. The number of fused-ring (bicyclic) bond motifs is 3. The van der Waals surface area contributed by atoms with Gasteiger partial charge in [0, 0.05) is 40.4 Å². The van der Waals surface area contributed by atoms with Crippen LogP contribution in [0.2, 0.25) is 0 Å². The van der Waals surface area contributed by atoms with Crippen molar-refractivity contribution >= 4 is 21.9 Å². The summed E-state index contributed by atoms with van der Waals surface area (Å²) in [5.74, 6) is -0.213. The number of nitriles is 1. The number of nitrogens with zero attached hydrogens (tertiary/aromatic N) is 4. The first-order chi connectivity index (χ1) is 35.2. The fraction of sp³-hybridized carbons (Fsp3) is 0.193. The normalized spacial score (nSPS) is 16.9. The molecule has 0 spiro atoms. The van der Waals surface area contributed by atoms with Gasteiger partial charge in [-0.05, 0) is 125 Å². The van der Waals surface area contributed by atoms with E-state index in [9.17, 15) is 21.7 Å². The molecule has 5 aromatic carbocycles. The van der Waals surface area contributed by atoms with E-state index >= 15 is 0 Å². The third-order valence-electron chi connectivity index (χ3n) is 11.0. The molecular formula is C57H45IrN4O. The van der Waals surface area contributed by atoms with Gasteiger partial charge in [0.05, 0.1) is 17.2 Å². The van der Waals surface area contributed by atoms with Crippen molar-refractivity contribution in [2.75, 3.05) is 0 Å². The van der Waals surface area contributed by atoms with Crippen molar-refractivity contribution in [3.63, 3.8) is 0 Å². The van der Waals surface area contributed by atoms with Crippen LogP contribution >= 0.6 is 0 Å². The molecular weight excluding hydrogens is 949 g/mol. The molecule has 0 saturated heterocycles. The first-order valence-electron chi connectivity index (χ1n) is 26.5. The molecule has 4 heterocycles. The Morgan fingerprint density at radius 1 is 0.587 bits per heavy atom. The monoisotopic (exact) mass is 1010 g/mol. The van der Waals surface area contributed by atoms with Gasteiger partial charge in [-0.3, -0.25) is 0 Å². The summed E-state index contributed by atoms with van der Waals surface area (Å²) >= 11 is 0. The Morgan fingerprint density at radius 3 is 1.76 bits per heavy atom. The summed E-state index contributed by atoms with van der Waals surface area (Å²) in [5.41, 5.74) is 2.67. The van der Waals surface area contributed by atoms with Crippen LogP contribution in [0.1, 0.15) is 92.6 Å². The molecule has 1 aliphatic rings. The molecule has 0 amide bonds. The van der Waals surface area contributed by atoms with Crippen LogP contribution in [0.5, 0.6) is 0 Å². The number of aryl methyl sites for hydroxylation is 6. The van der Waals surface area contributed by atoms with Crippen molar-refractivity contribution < 1.29 is 41.0 Å². The van der Waals surface area contributed by atoms with Crippen molar-refractivity contribution in [3.8, 4) is 39.8 Å². The molecule has 4 aromatic heterocycles. The third kappa shape index (κ3) is 9.47. The summed E-state index contributed by atoms with van der Waals surface area (Å²) in [5, 5.41) is 11.1. The van der Waals surface area contributed by atoms with Gasteiger partial charge in [0.25, 0.3) is 0 Å². The maximum atomic E-state index is 9.82. The van der Waals surface area contributed by atoms with Crippen LogP contribution in [0.25, 0.3) is 55.7 Å². The van der Waals surface area contributed by atoms with Crippen molar-refractivity contribution in [2.45, 2.75) is 69.8 Å². The van der Waals surface area contributed by atoms with E-state index in [4.69, 9.17) is 9.40 Å². The molecule has 63 heavy (non-hydrogen) atoms. The predicted molar refractivity (Wildman–Crippen MR) is 247 cm³/mol. The topological polar surface area (TPSA) is 75.6 Å². The van der Waals surface area contributed by atoms with Crippen LogP contribution in [-0.4, -0.2) is 15.0 Å². The van der Waals surface area contributed by atoms with Crippen molar-refractivity contribution in [2.24, 2.45) is 0 Å². The second kappa shape index (κ2) is 19.3. The van der Waals surface area contributed by atoms with Crippen LogP contribution < -0.4 is 0 Å². The smallest absolute Gasteiger partial charge is 0.501 e. The van der Waals surface area contributed by atoms with E-state index in [-0.39, 0.29) is 42.7 Å². The minimum absolute atomic E-state index is 0. The summed E-state index contributed by atoms with van der Waals surface area (Å²) in [7, 11) is 0. The Hall–Kier alpha value is -6.51. The molecule has 0 aliphatic heterocycles. The summed E-state index contributed by atoms with van der Waals surface area (Å²) in [6.07, 6.45) is -11.4.